The molecule has 0 aliphatic carbocycles. The third-order valence-electron chi connectivity index (χ3n) is 3.04. The highest BCUT2D eigenvalue weighted by atomic mass is 32.2. The van der Waals surface area contributed by atoms with Gasteiger partial charge in [-0.15, -0.1) is 0 Å². The molecule has 1 N–H and O–H groups in total. The summed E-state index contributed by atoms with van der Waals surface area (Å²) in [6.07, 6.45) is 3.93. The van der Waals surface area contributed by atoms with Crippen molar-refractivity contribution in [3.8, 4) is 0 Å². The number of sulfonamides is 1. The van der Waals surface area contributed by atoms with Gasteiger partial charge < -0.3 is 5.32 Å². The van der Waals surface area contributed by atoms with Crippen molar-refractivity contribution in [2.75, 3.05) is 26.2 Å². The first-order valence-electron chi connectivity index (χ1n) is 7.29. The fourth-order valence-corrected chi connectivity index (χ4v) is 3.42. The van der Waals surface area contributed by atoms with Gasteiger partial charge in [0.1, 0.15) is 4.90 Å². The molecule has 0 unspecified atom stereocenters. The van der Waals surface area contributed by atoms with Gasteiger partial charge in [-0.1, -0.05) is 26.0 Å². The Bertz CT molecular complexity index is 551. The molecule has 0 spiro atoms. The highest BCUT2D eigenvalue weighted by Crippen LogP contribution is 2.15. The standard InChI is InChI=1S/C14H26N4O2S/c1-5-15-8-7-9-17-12-14(10-16-17)21(19,20)18(6-2)11-13(3)4/h10,12,15H,3,5-9,11H2,1-2,4H3. The summed E-state index contributed by atoms with van der Waals surface area (Å²) in [5, 5.41) is 7.36. The van der Waals surface area contributed by atoms with Crippen molar-refractivity contribution >= 4 is 10.0 Å². The largest absolute Gasteiger partial charge is 0.317 e. The summed E-state index contributed by atoms with van der Waals surface area (Å²) in [5.41, 5.74) is 0.818. The molecule has 0 saturated heterocycles. The molecule has 0 radical (unpaired) electrons. The molecule has 21 heavy (non-hydrogen) atoms. The Hall–Kier alpha value is -1.18. The lowest BCUT2D eigenvalue weighted by molar-refractivity contribution is 0.452. The molecule has 6 nitrogen and oxygen atoms in total. The van der Waals surface area contributed by atoms with E-state index >= 15 is 0 Å². The van der Waals surface area contributed by atoms with E-state index in [4.69, 9.17) is 0 Å². The van der Waals surface area contributed by atoms with Gasteiger partial charge in [0, 0.05) is 25.8 Å². The lowest BCUT2D eigenvalue weighted by Crippen LogP contribution is -2.32. The van der Waals surface area contributed by atoms with Crippen molar-refractivity contribution < 1.29 is 8.42 Å². The van der Waals surface area contributed by atoms with E-state index in [1.165, 1.54) is 10.5 Å². The Morgan fingerprint density at radius 3 is 2.76 bits per heavy atom. The molecule has 0 fully saturated rings. The van der Waals surface area contributed by atoms with Crippen molar-refractivity contribution in [3.05, 3.63) is 24.5 Å². The Kier molecular flexibility index (Phi) is 7.07. The maximum atomic E-state index is 12.5. The average molecular weight is 314 g/mol. The second-order valence-electron chi connectivity index (χ2n) is 5.03. The fraction of sp³-hybridized carbons (Fsp3) is 0.643. The normalized spacial score (nSPS) is 12.0. The first-order chi connectivity index (χ1) is 9.91. The number of nitrogens with zero attached hydrogens (tertiary/aromatic N) is 3. The van der Waals surface area contributed by atoms with E-state index in [1.54, 1.807) is 10.9 Å². The topological polar surface area (TPSA) is 67.2 Å². The van der Waals surface area contributed by atoms with Gasteiger partial charge in [0.15, 0.2) is 0 Å². The summed E-state index contributed by atoms with van der Waals surface area (Å²) in [5.74, 6) is 0. The van der Waals surface area contributed by atoms with Crippen molar-refractivity contribution in [3.63, 3.8) is 0 Å². The minimum Gasteiger partial charge on any atom is -0.317 e. The number of nitrogens with one attached hydrogen (secondary N) is 1. The zero-order valence-corrected chi connectivity index (χ0v) is 14.0. The highest BCUT2D eigenvalue weighted by molar-refractivity contribution is 7.89. The van der Waals surface area contributed by atoms with E-state index in [0.29, 0.717) is 19.6 Å². The molecule has 0 atom stereocenters. The molecule has 0 saturated carbocycles. The summed E-state index contributed by atoms with van der Waals surface area (Å²) < 4.78 is 28.1. The van der Waals surface area contributed by atoms with Crippen LogP contribution in [-0.2, 0) is 16.6 Å². The van der Waals surface area contributed by atoms with Gasteiger partial charge in [-0.05, 0) is 26.4 Å². The number of hydrogen-bond acceptors (Lipinski definition) is 4. The van der Waals surface area contributed by atoms with Gasteiger partial charge in [-0.2, -0.15) is 9.40 Å². The molecular formula is C14H26N4O2S. The summed E-state index contributed by atoms with van der Waals surface area (Å²) in [6.45, 7) is 12.8. The quantitative estimate of drug-likeness (QED) is 0.524. The van der Waals surface area contributed by atoms with Crippen LogP contribution in [0.1, 0.15) is 27.2 Å². The molecule has 1 rings (SSSR count). The third-order valence-corrected chi connectivity index (χ3v) is 4.91. The first kappa shape index (κ1) is 17.9. The van der Waals surface area contributed by atoms with E-state index in [0.717, 1.165) is 25.1 Å². The minimum atomic E-state index is -3.49. The van der Waals surface area contributed by atoms with Gasteiger partial charge in [-0.3, -0.25) is 4.68 Å². The van der Waals surface area contributed by atoms with Crippen LogP contribution in [0.15, 0.2) is 29.4 Å². The maximum absolute atomic E-state index is 12.5. The van der Waals surface area contributed by atoms with Gasteiger partial charge in [0.2, 0.25) is 10.0 Å². The lowest BCUT2D eigenvalue weighted by atomic mass is 10.3. The molecule has 0 aliphatic heterocycles. The van der Waals surface area contributed by atoms with Crippen LogP contribution in [0, 0.1) is 0 Å². The zero-order chi connectivity index (χ0) is 15.9. The number of aryl methyl sites for hydroxylation is 1. The maximum Gasteiger partial charge on any atom is 0.246 e. The van der Waals surface area contributed by atoms with Crippen LogP contribution < -0.4 is 5.32 Å². The summed E-state index contributed by atoms with van der Waals surface area (Å²) >= 11 is 0. The molecule has 0 bridgehead atoms. The molecule has 1 heterocycles. The number of aromatic nitrogens is 2. The van der Waals surface area contributed by atoms with Crippen molar-refractivity contribution in [2.45, 2.75) is 38.6 Å². The van der Waals surface area contributed by atoms with E-state index in [1.807, 2.05) is 13.8 Å². The number of rotatable bonds is 10. The van der Waals surface area contributed by atoms with E-state index < -0.39 is 10.0 Å². The summed E-state index contributed by atoms with van der Waals surface area (Å²) in [4.78, 5) is 0.244. The van der Waals surface area contributed by atoms with Crippen LogP contribution in [0.25, 0.3) is 0 Å². The number of hydrogen-bond donors (Lipinski definition) is 1. The molecular weight excluding hydrogens is 288 g/mol. The first-order valence-corrected chi connectivity index (χ1v) is 8.73. The molecule has 0 amide bonds. The van der Waals surface area contributed by atoms with Crippen molar-refractivity contribution in [1.29, 1.82) is 0 Å². The second-order valence-corrected chi connectivity index (χ2v) is 6.97. The van der Waals surface area contributed by atoms with E-state index in [-0.39, 0.29) is 4.90 Å². The molecule has 120 valence electrons. The van der Waals surface area contributed by atoms with Crippen LogP contribution >= 0.6 is 0 Å². The fourth-order valence-electron chi connectivity index (χ4n) is 1.96. The van der Waals surface area contributed by atoms with Crippen molar-refractivity contribution in [1.82, 2.24) is 19.4 Å². The second kappa shape index (κ2) is 8.31. The molecule has 7 heteroatoms. The van der Waals surface area contributed by atoms with Gasteiger partial charge >= 0.3 is 0 Å². The van der Waals surface area contributed by atoms with Gasteiger partial charge in [0.25, 0.3) is 0 Å². The van der Waals surface area contributed by atoms with Crippen LogP contribution in [0.2, 0.25) is 0 Å². The Morgan fingerprint density at radius 1 is 1.48 bits per heavy atom. The number of likely N-dealkylation sites (N-methyl/N-ethyl adjacent to an activating group) is 1. The molecule has 0 aromatic carbocycles. The highest BCUT2D eigenvalue weighted by Gasteiger charge is 2.24. The van der Waals surface area contributed by atoms with Crippen LogP contribution in [-0.4, -0.2) is 48.7 Å². The summed E-state index contributed by atoms with van der Waals surface area (Å²) in [7, 11) is -3.49. The van der Waals surface area contributed by atoms with Crippen LogP contribution in [0.4, 0.5) is 0 Å². The Labute approximate surface area is 127 Å². The smallest absolute Gasteiger partial charge is 0.246 e. The van der Waals surface area contributed by atoms with Gasteiger partial charge in [0.05, 0.1) is 6.20 Å². The summed E-state index contributed by atoms with van der Waals surface area (Å²) in [6, 6.07) is 0. The van der Waals surface area contributed by atoms with Crippen LogP contribution in [0.3, 0.4) is 0 Å². The SMILES string of the molecule is C=C(C)CN(CC)S(=O)(=O)c1cnn(CCCNCC)c1. The van der Waals surface area contributed by atoms with Crippen molar-refractivity contribution in [2.24, 2.45) is 0 Å². The molecule has 1 aromatic heterocycles. The average Bonchev–Trinajstić information content (AvgIpc) is 2.90. The van der Waals surface area contributed by atoms with Gasteiger partial charge in [-0.25, -0.2) is 8.42 Å². The molecule has 1 aromatic rings. The Balaban J connectivity index is 2.75. The predicted octanol–water partition coefficient (Wildman–Crippen LogP) is 1.47. The third kappa shape index (κ3) is 5.26. The van der Waals surface area contributed by atoms with E-state index in [9.17, 15) is 8.42 Å². The lowest BCUT2D eigenvalue weighted by Gasteiger charge is -2.19. The monoisotopic (exact) mass is 314 g/mol. The Morgan fingerprint density at radius 2 is 2.19 bits per heavy atom. The minimum absolute atomic E-state index is 0.244. The zero-order valence-electron chi connectivity index (χ0n) is 13.2. The van der Waals surface area contributed by atoms with E-state index in [2.05, 4.69) is 23.9 Å². The van der Waals surface area contributed by atoms with Crippen LogP contribution in [0.5, 0.6) is 0 Å². The molecule has 0 aliphatic rings. The predicted molar refractivity (Wildman–Crippen MR) is 84.6 cm³/mol.